The Bertz CT molecular complexity index is 234. The average molecular weight is 164 g/mol. The fraction of sp³-hybridized carbons (Fsp3) is 0.444. The zero-order valence-electron chi connectivity index (χ0n) is 6.86. The first kappa shape index (κ1) is 7.71. The molecule has 1 aliphatic rings. The van der Waals surface area contributed by atoms with E-state index >= 15 is 0 Å². The minimum absolute atomic E-state index is 0.546. The van der Waals surface area contributed by atoms with Crippen LogP contribution < -0.4 is 5.32 Å². The lowest BCUT2D eigenvalue weighted by atomic mass is 10.2. The fourth-order valence-electron chi connectivity index (χ4n) is 1.12. The highest BCUT2D eigenvalue weighted by atomic mass is 16.5. The van der Waals surface area contributed by atoms with Crippen LogP contribution in [0.3, 0.4) is 0 Å². The van der Waals surface area contributed by atoms with Gasteiger partial charge < -0.3 is 10.1 Å². The molecule has 3 heteroatoms. The second kappa shape index (κ2) is 3.65. The van der Waals surface area contributed by atoms with Crippen molar-refractivity contribution in [1.29, 1.82) is 0 Å². The molecule has 0 radical (unpaired) electrons. The van der Waals surface area contributed by atoms with Crippen molar-refractivity contribution >= 4 is 0 Å². The van der Waals surface area contributed by atoms with Gasteiger partial charge in [0.2, 0.25) is 0 Å². The molecule has 1 aromatic heterocycles. The van der Waals surface area contributed by atoms with Gasteiger partial charge in [0.15, 0.2) is 0 Å². The van der Waals surface area contributed by atoms with Crippen molar-refractivity contribution in [2.45, 2.75) is 12.6 Å². The number of nitrogens with one attached hydrogen (secondary N) is 1. The Morgan fingerprint density at radius 2 is 2.50 bits per heavy atom. The summed E-state index contributed by atoms with van der Waals surface area (Å²) < 4.78 is 5.05. The van der Waals surface area contributed by atoms with E-state index in [-0.39, 0.29) is 0 Å². The second-order valence-electron chi connectivity index (χ2n) is 2.98. The first-order chi connectivity index (χ1) is 5.95. The smallest absolute Gasteiger partial charge is 0.0643 e. The van der Waals surface area contributed by atoms with Crippen LogP contribution in [0.25, 0.3) is 0 Å². The SMILES string of the molecule is c1cncc(CNC2COC2)c1. The number of hydrogen-bond acceptors (Lipinski definition) is 3. The van der Waals surface area contributed by atoms with E-state index in [1.807, 2.05) is 12.3 Å². The largest absolute Gasteiger partial charge is 0.378 e. The van der Waals surface area contributed by atoms with Crippen molar-refractivity contribution in [2.75, 3.05) is 13.2 Å². The molecule has 1 fully saturated rings. The van der Waals surface area contributed by atoms with Crippen LogP contribution in [0.5, 0.6) is 0 Å². The normalized spacial score (nSPS) is 17.3. The molecule has 12 heavy (non-hydrogen) atoms. The zero-order chi connectivity index (χ0) is 8.23. The Morgan fingerprint density at radius 3 is 3.08 bits per heavy atom. The summed E-state index contributed by atoms with van der Waals surface area (Å²) in [7, 11) is 0. The van der Waals surface area contributed by atoms with Gasteiger partial charge in [-0.1, -0.05) is 6.07 Å². The Kier molecular flexibility index (Phi) is 2.34. The summed E-state index contributed by atoms with van der Waals surface area (Å²) >= 11 is 0. The van der Waals surface area contributed by atoms with E-state index in [0.717, 1.165) is 19.8 Å². The van der Waals surface area contributed by atoms with E-state index < -0.39 is 0 Å². The Hall–Kier alpha value is -0.930. The van der Waals surface area contributed by atoms with Gasteiger partial charge in [-0.25, -0.2) is 0 Å². The monoisotopic (exact) mass is 164 g/mol. The Morgan fingerprint density at radius 1 is 1.58 bits per heavy atom. The summed E-state index contributed by atoms with van der Waals surface area (Å²) in [5, 5.41) is 3.37. The van der Waals surface area contributed by atoms with Gasteiger partial charge >= 0.3 is 0 Å². The zero-order valence-corrected chi connectivity index (χ0v) is 6.86. The van der Waals surface area contributed by atoms with Crippen LogP contribution in [-0.2, 0) is 11.3 Å². The van der Waals surface area contributed by atoms with Gasteiger partial charge in [0.1, 0.15) is 0 Å². The first-order valence-electron chi connectivity index (χ1n) is 4.15. The number of nitrogens with zero attached hydrogens (tertiary/aromatic N) is 1. The van der Waals surface area contributed by atoms with E-state index in [4.69, 9.17) is 4.74 Å². The molecule has 0 spiro atoms. The lowest BCUT2D eigenvalue weighted by molar-refractivity contribution is -0.00579. The summed E-state index contributed by atoms with van der Waals surface area (Å²) in [6.45, 7) is 2.59. The lowest BCUT2D eigenvalue weighted by Gasteiger charge is -2.26. The van der Waals surface area contributed by atoms with Gasteiger partial charge in [0.05, 0.1) is 19.3 Å². The third-order valence-electron chi connectivity index (χ3n) is 1.96. The molecule has 1 saturated heterocycles. The molecular formula is C9H12N2O. The van der Waals surface area contributed by atoms with Crippen LogP contribution in [0.4, 0.5) is 0 Å². The van der Waals surface area contributed by atoms with Crippen molar-refractivity contribution in [3.8, 4) is 0 Å². The highest BCUT2D eigenvalue weighted by Gasteiger charge is 2.16. The van der Waals surface area contributed by atoms with Crippen LogP contribution >= 0.6 is 0 Å². The maximum absolute atomic E-state index is 5.05. The van der Waals surface area contributed by atoms with Gasteiger partial charge in [-0.05, 0) is 11.6 Å². The van der Waals surface area contributed by atoms with Crippen molar-refractivity contribution in [3.63, 3.8) is 0 Å². The van der Waals surface area contributed by atoms with Crippen molar-refractivity contribution < 1.29 is 4.74 Å². The van der Waals surface area contributed by atoms with Crippen molar-refractivity contribution in [2.24, 2.45) is 0 Å². The molecule has 0 saturated carbocycles. The van der Waals surface area contributed by atoms with Gasteiger partial charge in [-0.2, -0.15) is 0 Å². The molecule has 1 N–H and O–H groups in total. The molecular weight excluding hydrogens is 152 g/mol. The van der Waals surface area contributed by atoms with E-state index in [9.17, 15) is 0 Å². The van der Waals surface area contributed by atoms with Gasteiger partial charge in [-0.3, -0.25) is 4.98 Å². The molecule has 0 atom stereocenters. The second-order valence-corrected chi connectivity index (χ2v) is 2.98. The molecule has 64 valence electrons. The number of pyridine rings is 1. The topological polar surface area (TPSA) is 34.2 Å². The summed E-state index contributed by atoms with van der Waals surface area (Å²) in [6.07, 6.45) is 3.67. The lowest BCUT2D eigenvalue weighted by Crippen LogP contribution is -2.45. The predicted molar refractivity (Wildman–Crippen MR) is 45.7 cm³/mol. The quantitative estimate of drug-likeness (QED) is 0.709. The molecule has 0 unspecified atom stereocenters. The van der Waals surface area contributed by atoms with Gasteiger partial charge in [0, 0.05) is 18.9 Å². The number of rotatable bonds is 3. The minimum Gasteiger partial charge on any atom is -0.378 e. The number of ether oxygens (including phenoxy) is 1. The van der Waals surface area contributed by atoms with Crippen LogP contribution in [0, 0.1) is 0 Å². The molecule has 0 aliphatic carbocycles. The van der Waals surface area contributed by atoms with Crippen LogP contribution in [-0.4, -0.2) is 24.2 Å². The molecule has 1 aromatic rings. The molecule has 0 bridgehead atoms. The van der Waals surface area contributed by atoms with E-state index in [1.54, 1.807) is 6.20 Å². The third kappa shape index (κ3) is 1.81. The first-order valence-corrected chi connectivity index (χ1v) is 4.15. The summed E-state index contributed by atoms with van der Waals surface area (Å²) in [5.74, 6) is 0. The predicted octanol–water partition coefficient (Wildman–Crippen LogP) is 0.570. The maximum atomic E-state index is 5.05. The van der Waals surface area contributed by atoms with Gasteiger partial charge in [0.25, 0.3) is 0 Å². The summed E-state index contributed by atoms with van der Waals surface area (Å²) in [6, 6.07) is 4.57. The van der Waals surface area contributed by atoms with Crippen LogP contribution in [0.1, 0.15) is 5.56 Å². The summed E-state index contributed by atoms with van der Waals surface area (Å²) in [5.41, 5.74) is 1.23. The van der Waals surface area contributed by atoms with E-state index in [1.165, 1.54) is 5.56 Å². The molecule has 0 aromatic carbocycles. The Balaban J connectivity index is 1.79. The van der Waals surface area contributed by atoms with Crippen molar-refractivity contribution in [3.05, 3.63) is 30.1 Å². The molecule has 2 rings (SSSR count). The fourth-order valence-corrected chi connectivity index (χ4v) is 1.12. The highest BCUT2D eigenvalue weighted by molar-refractivity contribution is 5.08. The van der Waals surface area contributed by atoms with Gasteiger partial charge in [-0.15, -0.1) is 0 Å². The molecule has 1 aliphatic heterocycles. The maximum Gasteiger partial charge on any atom is 0.0643 e. The Labute approximate surface area is 71.8 Å². The van der Waals surface area contributed by atoms with Crippen LogP contribution in [0.15, 0.2) is 24.5 Å². The van der Waals surface area contributed by atoms with Crippen LogP contribution in [0.2, 0.25) is 0 Å². The summed E-state index contributed by atoms with van der Waals surface area (Å²) in [4.78, 5) is 4.04. The van der Waals surface area contributed by atoms with Crippen molar-refractivity contribution in [1.82, 2.24) is 10.3 Å². The minimum atomic E-state index is 0.546. The highest BCUT2D eigenvalue weighted by Crippen LogP contribution is 2.01. The third-order valence-corrected chi connectivity index (χ3v) is 1.96. The molecule has 2 heterocycles. The molecule has 3 nitrogen and oxygen atoms in total. The van der Waals surface area contributed by atoms with E-state index in [0.29, 0.717) is 6.04 Å². The number of hydrogen-bond donors (Lipinski definition) is 1. The standard InChI is InChI=1S/C9H12N2O/c1-2-8(4-10-3-1)5-11-9-6-12-7-9/h1-4,9,11H,5-7H2. The molecule has 0 amide bonds. The average Bonchev–Trinajstić information content (AvgIpc) is 2.04. The number of aromatic nitrogens is 1. The van der Waals surface area contributed by atoms with E-state index in [2.05, 4.69) is 16.4 Å².